The number of likely N-dealkylation sites (tertiary alicyclic amines) is 1. The van der Waals surface area contributed by atoms with E-state index in [2.05, 4.69) is 9.97 Å². The number of ether oxygens (including phenoxy) is 2. The van der Waals surface area contributed by atoms with Crippen molar-refractivity contribution in [1.82, 2.24) is 14.9 Å². The highest BCUT2D eigenvalue weighted by molar-refractivity contribution is 5.94. The minimum atomic E-state index is -0.156. The van der Waals surface area contributed by atoms with E-state index >= 15 is 0 Å². The third-order valence-electron chi connectivity index (χ3n) is 5.14. The first-order valence-corrected chi connectivity index (χ1v) is 8.61. The Hall–Kier alpha value is -2.47. The average molecular weight is 339 g/mol. The molecule has 130 valence electrons. The highest BCUT2D eigenvalue weighted by atomic mass is 16.5. The van der Waals surface area contributed by atoms with E-state index in [9.17, 15) is 4.79 Å². The summed E-state index contributed by atoms with van der Waals surface area (Å²) < 4.78 is 11.9. The van der Waals surface area contributed by atoms with Crippen molar-refractivity contribution in [1.29, 1.82) is 0 Å². The maximum absolute atomic E-state index is 12.8. The van der Waals surface area contributed by atoms with Crippen LogP contribution in [0.2, 0.25) is 0 Å². The molecule has 2 aliphatic heterocycles. The number of rotatable bonds is 4. The summed E-state index contributed by atoms with van der Waals surface area (Å²) in [5.41, 5.74) is 0.521. The lowest BCUT2D eigenvalue weighted by atomic mass is 9.77. The molecule has 2 saturated heterocycles. The third-order valence-corrected chi connectivity index (χ3v) is 5.14. The van der Waals surface area contributed by atoms with Crippen LogP contribution in [0.5, 0.6) is 5.75 Å². The normalized spacial score (nSPS) is 25.4. The summed E-state index contributed by atoms with van der Waals surface area (Å²) in [6.45, 7) is 2.61. The molecule has 0 N–H and O–H groups in total. The van der Waals surface area contributed by atoms with Gasteiger partial charge in [-0.2, -0.15) is 0 Å². The van der Waals surface area contributed by atoms with Gasteiger partial charge in [0.2, 0.25) is 0 Å². The fourth-order valence-corrected chi connectivity index (χ4v) is 3.77. The van der Waals surface area contributed by atoms with Gasteiger partial charge in [0, 0.05) is 43.9 Å². The molecule has 0 spiro atoms. The Bertz CT molecular complexity index is 725. The van der Waals surface area contributed by atoms with Gasteiger partial charge in [0.05, 0.1) is 24.3 Å². The summed E-state index contributed by atoms with van der Waals surface area (Å²) >= 11 is 0. The Morgan fingerprint density at radius 2 is 2.16 bits per heavy atom. The molecule has 2 aromatic rings. The van der Waals surface area contributed by atoms with Gasteiger partial charge < -0.3 is 14.4 Å². The van der Waals surface area contributed by atoms with Gasteiger partial charge in [0.1, 0.15) is 5.75 Å². The molecule has 0 aliphatic carbocycles. The van der Waals surface area contributed by atoms with Crippen molar-refractivity contribution in [3.8, 4) is 5.75 Å². The van der Waals surface area contributed by atoms with Crippen LogP contribution in [0.1, 0.15) is 23.2 Å². The summed E-state index contributed by atoms with van der Waals surface area (Å²) in [4.78, 5) is 22.8. The third kappa shape index (κ3) is 3.22. The van der Waals surface area contributed by atoms with Gasteiger partial charge in [0.15, 0.2) is 0 Å². The van der Waals surface area contributed by atoms with Crippen molar-refractivity contribution in [2.75, 3.05) is 26.3 Å². The monoisotopic (exact) mass is 339 g/mol. The topological polar surface area (TPSA) is 64.6 Å². The quantitative estimate of drug-likeness (QED) is 0.854. The van der Waals surface area contributed by atoms with Crippen LogP contribution < -0.4 is 4.74 Å². The van der Waals surface area contributed by atoms with E-state index in [4.69, 9.17) is 9.47 Å². The molecule has 0 bridgehead atoms. The van der Waals surface area contributed by atoms with E-state index in [0.29, 0.717) is 25.3 Å². The fourth-order valence-electron chi connectivity index (χ4n) is 3.77. The van der Waals surface area contributed by atoms with Crippen LogP contribution in [0.25, 0.3) is 0 Å². The van der Waals surface area contributed by atoms with Crippen LogP contribution in [-0.4, -0.2) is 53.2 Å². The molecule has 6 heteroatoms. The molecular weight excluding hydrogens is 318 g/mol. The first-order valence-electron chi connectivity index (χ1n) is 8.61. The number of aromatic nitrogens is 2. The molecule has 0 saturated carbocycles. The Kier molecular flexibility index (Phi) is 4.36. The van der Waals surface area contributed by atoms with Gasteiger partial charge in [-0.3, -0.25) is 14.8 Å². The molecule has 4 rings (SSSR count). The van der Waals surface area contributed by atoms with Gasteiger partial charge >= 0.3 is 0 Å². The number of hydrogen-bond acceptors (Lipinski definition) is 5. The molecule has 6 nitrogen and oxygen atoms in total. The van der Waals surface area contributed by atoms with Crippen molar-refractivity contribution >= 4 is 5.91 Å². The fraction of sp³-hybridized carbons (Fsp3) is 0.421. The predicted molar refractivity (Wildman–Crippen MR) is 91.3 cm³/mol. The van der Waals surface area contributed by atoms with Crippen molar-refractivity contribution in [2.24, 2.45) is 5.41 Å². The van der Waals surface area contributed by atoms with Crippen LogP contribution in [0.4, 0.5) is 0 Å². The van der Waals surface area contributed by atoms with Crippen molar-refractivity contribution < 1.29 is 14.3 Å². The summed E-state index contributed by atoms with van der Waals surface area (Å²) in [6, 6.07) is 7.28. The lowest BCUT2D eigenvalue weighted by molar-refractivity contribution is -0.0326. The summed E-state index contributed by atoms with van der Waals surface area (Å²) in [7, 11) is 0. The van der Waals surface area contributed by atoms with Gasteiger partial charge in [-0.1, -0.05) is 0 Å². The highest BCUT2D eigenvalue weighted by Gasteiger charge is 2.49. The van der Waals surface area contributed by atoms with Crippen LogP contribution in [0, 0.1) is 5.41 Å². The molecule has 2 atom stereocenters. The van der Waals surface area contributed by atoms with Crippen molar-refractivity contribution in [3.05, 3.63) is 54.6 Å². The van der Waals surface area contributed by atoms with E-state index in [1.165, 1.54) is 0 Å². The standard InChI is InChI=1S/C19H21N3O3/c23-18(15-3-8-20-9-4-15)22-10-5-17-19(13-22,6-11-24-17)14-25-16-2-1-7-21-12-16/h1-4,7-9,12,17H,5-6,10-11,13-14H2/t17-,19+/m1/s1. The molecule has 0 radical (unpaired) electrons. The van der Waals surface area contributed by atoms with Gasteiger partial charge in [-0.25, -0.2) is 0 Å². The molecule has 2 aliphatic rings. The lowest BCUT2D eigenvalue weighted by Crippen LogP contribution is -2.54. The zero-order valence-electron chi connectivity index (χ0n) is 14.0. The maximum Gasteiger partial charge on any atom is 0.253 e. The minimum absolute atomic E-state index is 0.0495. The second-order valence-corrected chi connectivity index (χ2v) is 6.70. The first kappa shape index (κ1) is 16.0. The van der Waals surface area contributed by atoms with E-state index < -0.39 is 0 Å². The van der Waals surface area contributed by atoms with Crippen LogP contribution in [0.3, 0.4) is 0 Å². The van der Waals surface area contributed by atoms with Crippen molar-refractivity contribution in [2.45, 2.75) is 18.9 Å². The summed E-state index contributed by atoms with van der Waals surface area (Å²) in [6.07, 6.45) is 8.63. The van der Waals surface area contributed by atoms with E-state index in [1.807, 2.05) is 17.0 Å². The van der Waals surface area contributed by atoms with E-state index in [0.717, 1.165) is 25.2 Å². The lowest BCUT2D eigenvalue weighted by Gasteiger charge is -2.43. The number of nitrogens with zero attached hydrogens (tertiary/aromatic N) is 3. The molecule has 1 amide bonds. The number of pyridine rings is 2. The summed E-state index contributed by atoms with van der Waals surface area (Å²) in [5, 5.41) is 0. The van der Waals surface area contributed by atoms with Gasteiger partial charge in [0.25, 0.3) is 5.91 Å². The first-order chi connectivity index (χ1) is 12.3. The number of carbonyl (C=O) groups is 1. The van der Waals surface area contributed by atoms with Crippen LogP contribution >= 0.6 is 0 Å². The number of hydrogen-bond donors (Lipinski definition) is 0. The zero-order valence-corrected chi connectivity index (χ0v) is 14.0. The predicted octanol–water partition coefficient (Wildman–Crippen LogP) is 2.18. The Labute approximate surface area is 146 Å². The van der Waals surface area contributed by atoms with Crippen LogP contribution in [-0.2, 0) is 4.74 Å². The Balaban J connectivity index is 1.50. The second-order valence-electron chi connectivity index (χ2n) is 6.70. The van der Waals surface area contributed by atoms with Gasteiger partial charge in [-0.15, -0.1) is 0 Å². The average Bonchev–Trinajstić information content (AvgIpc) is 3.11. The van der Waals surface area contributed by atoms with Crippen molar-refractivity contribution in [3.63, 3.8) is 0 Å². The highest BCUT2D eigenvalue weighted by Crippen LogP contribution is 2.41. The largest absolute Gasteiger partial charge is 0.491 e. The molecule has 2 fully saturated rings. The Morgan fingerprint density at radius 1 is 1.28 bits per heavy atom. The maximum atomic E-state index is 12.8. The smallest absolute Gasteiger partial charge is 0.253 e. The molecule has 4 heterocycles. The number of amides is 1. The SMILES string of the molecule is O=C(c1ccncc1)N1CC[C@H]2OCC[C@@]2(COc2cccnc2)C1. The molecule has 0 aromatic carbocycles. The zero-order chi connectivity index (χ0) is 17.1. The van der Waals surface area contributed by atoms with E-state index in [1.54, 1.807) is 36.9 Å². The van der Waals surface area contributed by atoms with Crippen LogP contribution in [0.15, 0.2) is 49.1 Å². The summed E-state index contributed by atoms with van der Waals surface area (Å²) in [5.74, 6) is 0.800. The Morgan fingerprint density at radius 3 is 2.96 bits per heavy atom. The molecule has 0 unspecified atom stereocenters. The number of carbonyl (C=O) groups excluding carboxylic acids is 1. The second kappa shape index (κ2) is 6.80. The number of piperidine rings is 1. The molecular formula is C19H21N3O3. The molecule has 25 heavy (non-hydrogen) atoms. The van der Waals surface area contributed by atoms with E-state index in [-0.39, 0.29) is 17.4 Å². The number of fused-ring (bicyclic) bond motifs is 1. The van der Waals surface area contributed by atoms with Gasteiger partial charge in [-0.05, 0) is 37.1 Å². The molecule has 2 aromatic heterocycles. The minimum Gasteiger partial charge on any atom is -0.491 e.